The van der Waals surface area contributed by atoms with Gasteiger partial charge in [0.25, 0.3) is 0 Å². The van der Waals surface area contributed by atoms with Crippen molar-refractivity contribution < 1.29 is 4.79 Å². The molecule has 0 aliphatic heterocycles. The summed E-state index contributed by atoms with van der Waals surface area (Å²) < 4.78 is 1.62. The third kappa shape index (κ3) is 4.66. The number of carbonyl (C=O) groups excluding carboxylic acids is 1. The number of hydrogen-bond donors (Lipinski definition) is 1. The fourth-order valence-electron chi connectivity index (χ4n) is 2.34. The van der Waals surface area contributed by atoms with Gasteiger partial charge in [-0.25, -0.2) is 4.68 Å². The summed E-state index contributed by atoms with van der Waals surface area (Å²) in [6, 6.07) is 0.369. The molecule has 1 aromatic rings. The molecular weight excluding hydrogens is 294 g/mol. The first-order valence-corrected chi connectivity index (χ1v) is 8.98. The lowest BCUT2D eigenvalue weighted by atomic mass is 10.2. The van der Waals surface area contributed by atoms with Crippen LogP contribution in [0.15, 0.2) is 5.16 Å². The summed E-state index contributed by atoms with van der Waals surface area (Å²) in [7, 11) is 1.80. The van der Waals surface area contributed by atoms with Crippen molar-refractivity contribution in [3.8, 4) is 0 Å². The van der Waals surface area contributed by atoms with Crippen LogP contribution in [0.25, 0.3) is 0 Å². The summed E-state index contributed by atoms with van der Waals surface area (Å²) in [5.74, 6) is 2.01. The van der Waals surface area contributed by atoms with Crippen LogP contribution in [0.5, 0.6) is 0 Å². The third-order valence-electron chi connectivity index (χ3n) is 3.29. The minimum atomic E-state index is 0.139. The highest BCUT2D eigenvalue weighted by atomic mass is 32.2. The molecule has 1 heterocycles. The number of nitrogens with one attached hydrogen (secondary N) is 1. The van der Waals surface area contributed by atoms with Crippen LogP contribution in [-0.2, 0) is 11.8 Å². The number of hydrogen-bond acceptors (Lipinski definition) is 6. The fourth-order valence-corrected chi connectivity index (χ4v) is 4.27. The topological polar surface area (TPSA) is 72.7 Å². The molecule has 1 N–H and O–H groups in total. The second-order valence-electron chi connectivity index (χ2n) is 4.84. The van der Waals surface area contributed by atoms with E-state index < -0.39 is 0 Å². The van der Waals surface area contributed by atoms with E-state index in [9.17, 15) is 4.79 Å². The van der Waals surface area contributed by atoms with Crippen LogP contribution in [0.4, 0.5) is 0 Å². The normalized spacial score (nSPS) is 22.1. The van der Waals surface area contributed by atoms with E-state index in [2.05, 4.69) is 27.8 Å². The Bertz CT molecular complexity index is 439. The molecule has 1 aromatic heterocycles. The van der Waals surface area contributed by atoms with E-state index in [0.717, 1.165) is 29.0 Å². The molecule has 0 radical (unpaired) electrons. The Morgan fingerprint density at radius 1 is 1.50 bits per heavy atom. The molecule has 8 heteroatoms. The predicted molar refractivity (Wildman–Crippen MR) is 81.8 cm³/mol. The highest BCUT2D eigenvalue weighted by molar-refractivity contribution is 7.99. The summed E-state index contributed by atoms with van der Waals surface area (Å²) >= 11 is 3.52. The molecule has 1 fully saturated rings. The fraction of sp³-hybridized carbons (Fsp3) is 0.833. The average molecular weight is 315 g/mol. The SMILES string of the molecule is CCS[C@@H]1CC[C@H](NC(=O)CCSc2nnnn2C)C1. The molecule has 1 amide bonds. The smallest absolute Gasteiger partial charge is 0.221 e. The molecule has 0 saturated heterocycles. The molecule has 1 saturated carbocycles. The zero-order valence-electron chi connectivity index (χ0n) is 11.9. The van der Waals surface area contributed by atoms with E-state index in [4.69, 9.17) is 0 Å². The highest BCUT2D eigenvalue weighted by Crippen LogP contribution is 2.29. The van der Waals surface area contributed by atoms with Gasteiger partial charge in [0.1, 0.15) is 0 Å². The van der Waals surface area contributed by atoms with Gasteiger partial charge in [0, 0.05) is 30.5 Å². The number of aryl methyl sites for hydroxylation is 1. The maximum absolute atomic E-state index is 11.9. The molecule has 2 rings (SSSR count). The summed E-state index contributed by atoms with van der Waals surface area (Å²) in [4.78, 5) is 11.9. The Hall–Kier alpha value is -0.760. The zero-order valence-corrected chi connectivity index (χ0v) is 13.5. The minimum Gasteiger partial charge on any atom is -0.353 e. The molecule has 2 atom stereocenters. The van der Waals surface area contributed by atoms with Gasteiger partial charge in [-0.1, -0.05) is 18.7 Å². The van der Waals surface area contributed by atoms with Gasteiger partial charge in [0.2, 0.25) is 11.1 Å². The van der Waals surface area contributed by atoms with Crippen molar-refractivity contribution in [2.75, 3.05) is 11.5 Å². The van der Waals surface area contributed by atoms with Crippen molar-refractivity contribution in [2.45, 2.75) is 49.1 Å². The Balaban J connectivity index is 1.62. The van der Waals surface area contributed by atoms with Crippen LogP contribution in [0, 0.1) is 0 Å². The number of tetrazole rings is 1. The first kappa shape index (κ1) is 15.6. The van der Waals surface area contributed by atoms with E-state index in [1.165, 1.54) is 18.2 Å². The van der Waals surface area contributed by atoms with Gasteiger partial charge < -0.3 is 5.32 Å². The van der Waals surface area contributed by atoms with Crippen LogP contribution >= 0.6 is 23.5 Å². The van der Waals surface area contributed by atoms with Crippen LogP contribution < -0.4 is 5.32 Å². The largest absolute Gasteiger partial charge is 0.353 e. The molecule has 0 unspecified atom stereocenters. The Kier molecular flexibility index (Phi) is 6.15. The van der Waals surface area contributed by atoms with E-state index in [-0.39, 0.29) is 5.91 Å². The average Bonchev–Trinajstić information content (AvgIpc) is 3.00. The van der Waals surface area contributed by atoms with E-state index >= 15 is 0 Å². The number of carbonyl (C=O) groups is 1. The standard InChI is InChI=1S/C12H21N5OS2/c1-3-19-10-5-4-9(8-10)13-11(18)6-7-20-12-14-15-16-17(12)2/h9-10H,3-8H2,1-2H3,(H,13,18)/t9-,10+/m0/s1. The molecule has 0 spiro atoms. The van der Waals surface area contributed by atoms with Crippen molar-refractivity contribution in [3.63, 3.8) is 0 Å². The molecule has 6 nitrogen and oxygen atoms in total. The van der Waals surface area contributed by atoms with Crippen molar-refractivity contribution in [2.24, 2.45) is 7.05 Å². The summed E-state index contributed by atoms with van der Waals surface area (Å²) in [6.45, 7) is 2.19. The van der Waals surface area contributed by atoms with Gasteiger partial charge in [-0.2, -0.15) is 11.8 Å². The molecule has 20 heavy (non-hydrogen) atoms. The van der Waals surface area contributed by atoms with Crippen LogP contribution in [0.1, 0.15) is 32.6 Å². The quantitative estimate of drug-likeness (QED) is 0.769. The molecule has 0 bridgehead atoms. The van der Waals surface area contributed by atoms with Gasteiger partial charge in [0.15, 0.2) is 0 Å². The Labute approximate surface area is 127 Å². The lowest BCUT2D eigenvalue weighted by molar-refractivity contribution is -0.121. The Morgan fingerprint density at radius 2 is 2.35 bits per heavy atom. The monoisotopic (exact) mass is 315 g/mol. The maximum Gasteiger partial charge on any atom is 0.221 e. The van der Waals surface area contributed by atoms with Crippen LogP contribution in [0.2, 0.25) is 0 Å². The summed E-state index contributed by atoms with van der Waals surface area (Å²) in [5.41, 5.74) is 0. The van der Waals surface area contributed by atoms with Crippen LogP contribution in [0.3, 0.4) is 0 Å². The van der Waals surface area contributed by atoms with Crippen molar-refractivity contribution >= 4 is 29.4 Å². The summed E-state index contributed by atoms with van der Waals surface area (Å²) in [6.07, 6.45) is 3.97. The van der Waals surface area contributed by atoms with Crippen molar-refractivity contribution in [3.05, 3.63) is 0 Å². The number of thioether (sulfide) groups is 2. The second-order valence-corrected chi connectivity index (χ2v) is 7.48. The number of amides is 1. The molecular formula is C12H21N5OS2. The van der Waals surface area contributed by atoms with E-state index in [1.54, 1.807) is 11.7 Å². The van der Waals surface area contributed by atoms with Gasteiger partial charge in [-0.05, 0) is 35.4 Å². The van der Waals surface area contributed by atoms with E-state index in [1.807, 2.05) is 11.8 Å². The number of aromatic nitrogens is 4. The number of rotatable bonds is 7. The van der Waals surface area contributed by atoms with E-state index in [0.29, 0.717) is 18.2 Å². The second kappa shape index (κ2) is 7.87. The first-order chi connectivity index (χ1) is 9.69. The highest BCUT2D eigenvalue weighted by Gasteiger charge is 2.25. The lowest BCUT2D eigenvalue weighted by Gasteiger charge is -2.12. The van der Waals surface area contributed by atoms with Gasteiger partial charge >= 0.3 is 0 Å². The number of nitrogens with zero attached hydrogens (tertiary/aromatic N) is 4. The van der Waals surface area contributed by atoms with Gasteiger partial charge in [-0.15, -0.1) is 5.10 Å². The van der Waals surface area contributed by atoms with Gasteiger partial charge in [-0.3, -0.25) is 4.79 Å². The zero-order chi connectivity index (χ0) is 14.4. The predicted octanol–water partition coefficient (Wildman–Crippen LogP) is 1.48. The van der Waals surface area contributed by atoms with Gasteiger partial charge in [0.05, 0.1) is 0 Å². The van der Waals surface area contributed by atoms with Crippen molar-refractivity contribution in [1.82, 2.24) is 25.5 Å². The first-order valence-electron chi connectivity index (χ1n) is 6.95. The minimum absolute atomic E-state index is 0.139. The van der Waals surface area contributed by atoms with Crippen molar-refractivity contribution in [1.29, 1.82) is 0 Å². The molecule has 0 aromatic carbocycles. The Morgan fingerprint density at radius 3 is 3.05 bits per heavy atom. The lowest BCUT2D eigenvalue weighted by Crippen LogP contribution is -2.33. The summed E-state index contributed by atoms with van der Waals surface area (Å²) in [5, 5.41) is 15.8. The molecule has 1 aliphatic rings. The maximum atomic E-state index is 11.9. The third-order valence-corrected chi connectivity index (χ3v) is 5.54. The molecule has 1 aliphatic carbocycles. The molecule has 112 valence electrons. The van der Waals surface area contributed by atoms with Crippen LogP contribution in [-0.4, -0.2) is 48.9 Å².